The summed E-state index contributed by atoms with van der Waals surface area (Å²) in [4.78, 5) is 2.32. The third kappa shape index (κ3) is 2.85. The highest BCUT2D eigenvalue weighted by molar-refractivity contribution is 5.41. The molecule has 2 N–H and O–H groups in total. The van der Waals surface area contributed by atoms with Gasteiger partial charge in [0.2, 0.25) is 0 Å². The van der Waals surface area contributed by atoms with Crippen molar-refractivity contribution in [2.75, 3.05) is 25.4 Å². The van der Waals surface area contributed by atoms with Crippen LogP contribution in [0.4, 0.5) is 5.69 Å². The zero-order valence-electron chi connectivity index (χ0n) is 10.7. The van der Waals surface area contributed by atoms with Gasteiger partial charge >= 0.3 is 0 Å². The van der Waals surface area contributed by atoms with Crippen LogP contribution in [0.3, 0.4) is 0 Å². The normalized spacial score (nSPS) is 15.2. The first-order valence-corrected chi connectivity index (χ1v) is 6.38. The summed E-state index contributed by atoms with van der Waals surface area (Å²) in [6.45, 7) is 4.35. The topological polar surface area (TPSA) is 69.2 Å². The predicted octanol–water partition coefficient (Wildman–Crippen LogP) is 0.755. The number of nitrogen functional groups attached to an aromatic ring is 1. The Labute approximate surface area is 111 Å². The summed E-state index contributed by atoms with van der Waals surface area (Å²) in [5.74, 6) is 1.88. The van der Waals surface area contributed by atoms with Gasteiger partial charge in [-0.3, -0.25) is 4.90 Å². The molecule has 0 unspecified atom stereocenters. The van der Waals surface area contributed by atoms with E-state index in [0.29, 0.717) is 6.61 Å². The Bertz CT molecular complexity index is 536. The number of aromatic nitrogens is 3. The maximum Gasteiger partial charge on any atom is 0.147 e. The maximum absolute atomic E-state index is 5.69. The van der Waals surface area contributed by atoms with Gasteiger partial charge in [0.05, 0.1) is 6.54 Å². The van der Waals surface area contributed by atoms with Gasteiger partial charge in [-0.1, -0.05) is 0 Å². The Morgan fingerprint density at radius 3 is 2.89 bits per heavy atom. The molecule has 100 valence electrons. The van der Waals surface area contributed by atoms with Crippen molar-refractivity contribution in [3.8, 4) is 5.75 Å². The summed E-state index contributed by atoms with van der Waals surface area (Å²) in [6.07, 6.45) is 1.79. The fraction of sp³-hybridized carbons (Fsp3) is 0.385. The van der Waals surface area contributed by atoms with Gasteiger partial charge in [0.15, 0.2) is 0 Å². The summed E-state index contributed by atoms with van der Waals surface area (Å²) >= 11 is 0. The lowest BCUT2D eigenvalue weighted by Gasteiger charge is -2.26. The number of anilines is 1. The van der Waals surface area contributed by atoms with Crippen molar-refractivity contribution in [3.63, 3.8) is 0 Å². The highest BCUT2D eigenvalue weighted by atomic mass is 16.5. The minimum Gasteiger partial charge on any atom is -0.492 e. The van der Waals surface area contributed by atoms with Crippen LogP contribution in [-0.2, 0) is 13.1 Å². The number of rotatable bonds is 4. The first-order chi connectivity index (χ1) is 9.31. The van der Waals surface area contributed by atoms with Gasteiger partial charge < -0.3 is 15.0 Å². The Morgan fingerprint density at radius 2 is 2.05 bits per heavy atom. The van der Waals surface area contributed by atoms with Crippen molar-refractivity contribution in [3.05, 3.63) is 36.4 Å². The van der Waals surface area contributed by atoms with Crippen molar-refractivity contribution >= 4 is 5.69 Å². The molecule has 0 atom stereocenters. The van der Waals surface area contributed by atoms with E-state index in [0.717, 1.165) is 43.4 Å². The summed E-state index contributed by atoms with van der Waals surface area (Å²) in [6, 6.07) is 7.47. The number of fused-ring (bicyclic) bond motifs is 1. The average Bonchev–Trinajstić information content (AvgIpc) is 2.88. The monoisotopic (exact) mass is 259 g/mol. The van der Waals surface area contributed by atoms with Crippen molar-refractivity contribution in [2.24, 2.45) is 0 Å². The van der Waals surface area contributed by atoms with Crippen molar-refractivity contribution in [1.29, 1.82) is 0 Å². The van der Waals surface area contributed by atoms with E-state index in [2.05, 4.69) is 19.7 Å². The zero-order valence-corrected chi connectivity index (χ0v) is 10.7. The van der Waals surface area contributed by atoms with Crippen LogP contribution in [-0.4, -0.2) is 39.4 Å². The molecule has 19 heavy (non-hydrogen) atoms. The largest absolute Gasteiger partial charge is 0.492 e. The van der Waals surface area contributed by atoms with Gasteiger partial charge in [-0.25, -0.2) is 0 Å². The third-order valence-corrected chi connectivity index (χ3v) is 3.27. The molecule has 1 aromatic heterocycles. The molecule has 2 heterocycles. The average molecular weight is 259 g/mol. The Hall–Kier alpha value is -2.08. The first kappa shape index (κ1) is 12.0. The highest BCUT2D eigenvalue weighted by Gasteiger charge is 2.16. The summed E-state index contributed by atoms with van der Waals surface area (Å²) in [7, 11) is 0. The first-order valence-electron chi connectivity index (χ1n) is 6.38. The molecule has 0 bridgehead atoms. The number of hydrogen-bond acceptors (Lipinski definition) is 5. The number of ether oxygens (including phenoxy) is 1. The smallest absolute Gasteiger partial charge is 0.147 e. The molecule has 6 nitrogen and oxygen atoms in total. The molecule has 0 fully saturated rings. The molecule has 0 radical (unpaired) electrons. The van der Waals surface area contributed by atoms with Crippen molar-refractivity contribution in [2.45, 2.75) is 13.1 Å². The van der Waals surface area contributed by atoms with Crippen LogP contribution in [0.25, 0.3) is 0 Å². The van der Waals surface area contributed by atoms with Gasteiger partial charge in [-0.2, -0.15) is 0 Å². The lowest BCUT2D eigenvalue weighted by atomic mass is 10.3. The van der Waals surface area contributed by atoms with Crippen LogP contribution < -0.4 is 10.5 Å². The van der Waals surface area contributed by atoms with Crippen molar-refractivity contribution in [1.82, 2.24) is 19.7 Å². The molecule has 0 saturated heterocycles. The van der Waals surface area contributed by atoms with Gasteiger partial charge in [-0.05, 0) is 24.3 Å². The van der Waals surface area contributed by atoms with Gasteiger partial charge in [0.1, 0.15) is 24.5 Å². The summed E-state index contributed by atoms with van der Waals surface area (Å²) in [5.41, 5.74) is 6.38. The molecule has 1 aliphatic heterocycles. The van der Waals surface area contributed by atoms with Gasteiger partial charge in [-0.15, -0.1) is 10.2 Å². The summed E-state index contributed by atoms with van der Waals surface area (Å²) < 4.78 is 7.79. The van der Waals surface area contributed by atoms with E-state index in [4.69, 9.17) is 10.5 Å². The fourth-order valence-electron chi connectivity index (χ4n) is 2.16. The molecular weight excluding hydrogens is 242 g/mol. The second-order valence-corrected chi connectivity index (χ2v) is 4.63. The van der Waals surface area contributed by atoms with Crippen LogP contribution in [0.15, 0.2) is 30.6 Å². The second kappa shape index (κ2) is 5.27. The maximum atomic E-state index is 5.69. The molecule has 0 spiro atoms. The van der Waals surface area contributed by atoms with E-state index in [-0.39, 0.29) is 0 Å². The SMILES string of the molecule is Nc1ccc(OCCN2CCn3cnnc3C2)cc1. The fourth-order valence-corrected chi connectivity index (χ4v) is 2.16. The molecule has 1 aliphatic rings. The van der Waals surface area contributed by atoms with E-state index in [1.54, 1.807) is 6.33 Å². The quantitative estimate of drug-likeness (QED) is 0.821. The van der Waals surface area contributed by atoms with Gasteiger partial charge in [0, 0.05) is 25.3 Å². The van der Waals surface area contributed by atoms with Crippen LogP contribution >= 0.6 is 0 Å². The Morgan fingerprint density at radius 1 is 1.21 bits per heavy atom. The van der Waals surface area contributed by atoms with Crippen LogP contribution in [0, 0.1) is 0 Å². The van der Waals surface area contributed by atoms with Crippen LogP contribution in [0.5, 0.6) is 5.75 Å². The van der Waals surface area contributed by atoms with E-state index in [1.165, 1.54) is 0 Å². The van der Waals surface area contributed by atoms with E-state index in [1.807, 2.05) is 24.3 Å². The van der Waals surface area contributed by atoms with Crippen LogP contribution in [0.1, 0.15) is 5.82 Å². The minimum atomic E-state index is 0.665. The highest BCUT2D eigenvalue weighted by Crippen LogP contribution is 2.13. The van der Waals surface area contributed by atoms with Crippen molar-refractivity contribution < 1.29 is 4.74 Å². The van der Waals surface area contributed by atoms with E-state index in [9.17, 15) is 0 Å². The molecule has 3 rings (SSSR count). The third-order valence-electron chi connectivity index (χ3n) is 3.27. The molecule has 6 heteroatoms. The Kier molecular flexibility index (Phi) is 3.33. The lowest BCUT2D eigenvalue weighted by Crippen LogP contribution is -2.36. The standard InChI is InChI=1S/C13H17N5O/c14-11-1-3-12(4-2-11)19-8-7-17-5-6-18-10-15-16-13(18)9-17/h1-4,10H,5-9,14H2. The molecular formula is C13H17N5O. The molecule has 2 aromatic rings. The molecule has 0 aliphatic carbocycles. The molecule has 1 aromatic carbocycles. The number of nitrogens with two attached hydrogens (primary N) is 1. The number of hydrogen-bond donors (Lipinski definition) is 1. The minimum absolute atomic E-state index is 0.665. The Balaban J connectivity index is 1.47. The molecule has 0 saturated carbocycles. The molecule has 0 amide bonds. The van der Waals surface area contributed by atoms with E-state index >= 15 is 0 Å². The second-order valence-electron chi connectivity index (χ2n) is 4.63. The van der Waals surface area contributed by atoms with Gasteiger partial charge in [0.25, 0.3) is 0 Å². The summed E-state index contributed by atoms with van der Waals surface area (Å²) in [5, 5.41) is 8.02. The predicted molar refractivity (Wildman–Crippen MR) is 71.6 cm³/mol. The number of benzene rings is 1. The van der Waals surface area contributed by atoms with E-state index < -0.39 is 0 Å². The van der Waals surface area contributed by atoms with Crippen LogP contribution in [0.2, 0.25) is 0 Å². The lowest BCUT2D eigenvalue weighted by molar-refractivity contribution is 0.174. The zero-order chi connectivity index (χ0) is 13.1. The number of nitrogens with zero attached hydrogens (tertiary/aromatic N) is 4.